The van der Waals surface area contributed by atoms with Gasteiger partial charge in [0, 0.05) is 12.1 Å². The van der Waals surface area contributed by atoms with Gasteiger partial charge in [0.05, 0.1) is 0 Å². The van der Waals surface area contributed by atoms with Gasteiger partial charge in [-0.3, -0.25) is 0 Å². The van der Waals surface area contributed by atoms with Crippen LogP contribution in [0.25, 0.3) is 0 Å². The summed E-state index contributed by atoms with van der Waals surface area (Å²) in [6.07, 6.45) is 11.0. The van der Waals surface area contributed by atoms with Gasteiger partial charge in [-0.25, -0.2) is 0 Å². The summed E-state index contributed by atoms with van der Waals surface area (Å²) in [4.78, 5) is 0. The van der Waals surface area contributed by atoms with Gasteiger partial charge in [0.1, 0.15) is 0 Å². The number of hydrogen-bond acceptors (Lipinski definition) is 1. The average Bonchev–Trinajstić information content (AvgIpc) is 2.16. The monoisotopic (exact) mass is 225 g/mol. The molecule has 0 aromatic carbocycles. The average molecular weight is 225 g/mol. The number of unbranched alkanes of at least 4 members (excludes halogenated alkanes) is 2. The van der Waals surface area contributed by atoms with Crippen molar-refractivity contribution in [2.75, 3.05) is 0 Å². The highest BCUT2D eigenvalue weighted by molar-refractivity contribution is 4.84. The fourth-order valence-corrected chi connectivity index (χ4v) is 3.03. The molecule has 0 amide bonds. The lowest BCUT2D eigenvalue weighted by Crippen LogP contribution is -2.41. The van der Waals surface area contributed by atoms with Crippen molar-refractivity contribution in [1.82, 2.24) is 5.32 Å². The fraction of sp³-hybridized carbons (Fsp3) is 1.00. The number of nitrogens with one attached hydrogen (secondary N) is 1. The lowest BCUT2D eigenvalue weighted by molar-refractivity contribution is 0.189. The fourth-order valence-electron chi connectivity index (χ4n) is 3.03. The maximum absolute atomic E-state index is 3.83. The van der Waals surface area contributed by atoms with Gasteiger partial charge in [-0.05, 0) is 38.0 Å². The largest absolute Gasteiger partial charge is 0.311 e. The molecule has 0 saturated heterocycles. The van der Waals surface area contributed by atoms with E-state index < -0.39 is 0 Å². The van der Waals surface area contributed by atoms with E-state index in [1.165, 1.54) is 51.4 Å². The molecule has 1 heteroatoms. The zero-order chi connectivity index (χ0) is 12.0. The van der Waals surface area contributed by atoms with E-state index >= 15 is 0 Å². The maximum atomic E-state index is 3.83. The van der Waals surface area contributed by atoms with Gasteiger partial charge in [0.25, 0.3) is 0 Å². The molecule has 0 spiro atoms. The van der Waals surface area contributed by atoms with Crippen molar-refractivity contribution in [3.63, 3.8) is 0 Å². The third-order valence-electron chi connectivity index (χ3n) is 3.97. The summed E-state index contributed by atoms with van der Waals surface area (Å²) in [6.45, 7) is 9.48. The van der Waals surface area contributed by atoms with E-state index in [0.717, 1.165) is 6.04 Å². The summed E-state index contributed by atoms with van der Waals surface area (Å²) >= 11 is 0. The Kier molecular flexibility index (Phi) is 5.82. The molecule has 1 nitrogen and oxygen atoms in total. The third kappa shape index (κ3) is 5.34. The first-order valence-electron chi connectivity index (χ1n) is 7.29. The second-order valence-corrected chi connectivity index (χ2v) is 6.52. The van der Waals surface area contributed by atoms with Crippen molar-refractivity contribution >= 4 is 0 Å². The first-order valence-corrected chi connectivity index (χ1v) is 7.29. The molecule has 0 aromatic heterocycles. The Labute approximate surface area is 102 Å². The van der Waals surface area contributed by atoms with E-state index in [1.54, 1.807) is 0 Å². The van der Waals surface area contributed by atoms with Crippen molar-refractivity contribution < 1.29 is 0 Å². The van der Waals surface area contributed by atoms with Crippen LogP contribution in [0.4, 0.5) is 0 Å². The van der Waals surface area contributed by atoms with E-state index in [2.05, 4.69) is 33.0 Å². The Morgan fingerprint density at radius 1 is 1.31 bits per heavy atom. The van der Waals surface area contributed by atoms with Crippen LogP contribution < -0.4 is 5.32 Å². The molecule has 0 aliphatic heterocycles. The van der Waals surface area contributed by atoms with Gasteiger partial charge in [-0.2, -0.15) is 0 Å². The molecule has 1 rings (SSSR count). The standard InChI is InChI=1S/C15H31N/c1-5-6-7-9-13(2)16-14-10-8-11-15(3,4)12-14/h13-14,16H,5-12H2,1-4H3. The van der Waals surface area contributed by atoms with Crippen LogP contribution in [0.1, 0.15) is 79.1 Å². The van der Waals surface area contributed by atoms with Crippen LogP contribution in [-0.4, -0.2) is 12.1 Å². The van der Waals surface area contributed by atoms with Crippen LogP contribution in [0.3, 0.4) is 0 Å². The Hall–Kier alpha value is -0.0400. The molecular weight excluding hydrogens is 194 g/mol. The molecule has 2 atom stereocenters. The molecule has 0 radical (unpaired) electrons. The zero-order valence-corrected chi connectivity index (χ0v) is 11.8. The van der Waals surface area contributed by atoms with Gasteiger partial charge >= 0.3 is 0 Å². The summed E-state index contributed by atoms with van der Waals surface area (Å²) < 4.78 is 0. The molecular formula is C15H31N. The summed E-state index contributed by atoms with van der Waals surface area (Å²) in [5.74, 6) is 0. The topological polar surface area (TPSA) is 12.0 Å². The molecule has 1 saturated carbocycles. The van der Waals surface area contributed by atoms with Crippen molar-refractivity contribution in [3.05, 3.63) is 0 Å². The Bertz CT molecular complexity index is 186. The van der Waals surface area contributed by atoms with Crippen LogP contribution in [0.5, 0.6) is 0 Å². The van der Waals surface area contributed by atoms with Gasteiger partial charge < -0.3 is 5.32 Å². The molecule has 1 fully saturated rings. The van der Waals surface area contributed by atoms with Crippen LogP contribution in [0.2, 0.25) is 0 Å². The Balaban J connectivity index is 2.20. The molecule has 1 aliphatic carbocycles. The summed E-state index contributed by atoms with van der Waals surface area (Å²) in [5.41, 5.74) is 0.569. The second kappa shape index (κ2) is 6.64. The van der Waals surface area contributed by atoms with Gasteiger partial charge in [-0.15, -0.1) is 0 Å². The second-order valence-electron chi connectivity index (χ2n) is 6.52. The molecule has 0 bridgehead atoms. The van der Waals surface area contributed by atoms with Crippen LogP contribution in [0, 0.1) is 5.41 Å². The highest BCUT2D eigenvalue weighted by Gasteiger charge is 2.28. The lowest BCUT2D eigenvalue weighted by Gasteiger charge is -2.37. The quantitative estimate of drug-likeness (QED) is 0.656. The number of rotatable bonds is 6. The smallest absolute Gasteiger partial charge is 0.00746 e. The van der Waals surface area contributed by atoms with E-state index in [1.807, 2.05) is 0 Å². The minimum Gasteiger partial charge on any atom is -0.311 e. The van der Waals surface area contributed by atoms with E-state index in [0.29, 0.717) is 11.5 Å². The lowest BCUT2D eigenvalue weighted by atomic mass is 9.75. The highest BCUT2D eigenvalue weighted by atomic mass is 14.9. The minimum atomic E-state index is 0.569. The molecule has 96 valence electrons. The first kappa shape index (κ1) is 14.0. The highest BCUT2D eigenvalue weighted by Crippen LogP contribution is 2.35. The van der Waals surface area contributed by atoms with Gasteiger partial charge in [-0.1, -0.05) is 46.5 Å². The molecule has 16 heavy (non-hydrogen) atoms. The summed E-state index contributed by atoms with van der Waals surface area (Å²) in [6, 6.07) is 1.49. The molecule has 1 N–H and O–H groups in total. The van der Waals surface area contributed by atoms with Crippen LogP contribution in [0.15, 0.2) is 0 Å². The van der Waals surface area contributed by atoms with Crippen LogP contribution >= 0.6 is 0 Å². The third-order valence-corrected chi connectivity index (χ3v) is 3.97. The van der Waals surface area contributed by atoms with E-state index in [9.17, 15) is 0 Å². The van der Waals surface area contributed by atoms with Crippen molar-refractivity contribution in [3.8, 4) is 0 Å². The van der Waals surface area contributed by atoms with Crippen molar-refractivity contribution in [2.45, 2.75) is 91.1 Å². The maximum Gasteiger partial charge on any atom is 0.00746 e. The Morgan fingerprint density at radius 3 is 2.69 bits per heavy atom. The van der Waals surface area contributed by atoms with Crippen molar-refractivity contribution in [2.24, 2.45) is 5.41 Å². The van der Waals surface area contributed by atoms with Gasteiger partial charge in [0.2, 0.25) is 0 Å². The molecule has 0 heterocycles. The van der Waals surface area contributed by atoms with Gasteiger partial charge in [0.15, 0.2) is 0 Å². The van der Waals surface area contributed by atoms with Crippen molar-refractivity contribution in [1.29, 1.82) is 0 Å². The molecule has 1 aliphatic rings. The minimum absolute atomic E-state index is 0.569. The van der Waals surface area contributed by atoms with E-state index in [4.69, 9.17) is 0 Å². The summed E-state index contributed by atoms with van der Waals surface area (Å²) in [5, 5.41) is 3.83. The predicted molar refractivity (Wildman–Crippen MR) is 72.8 cm³/mol. The summed E-state index contributed by atoms with van der Waals surface area (Å²) in [7, 11) is 0. The predicted octanol–water partition coefficient (Wildman–Crippen LogP) is 4.51. The molecule has 2 unspecified atom stereocenters. The van der Waals surface area contributed by atoms with Crippen LogP contribution in [-0.2, 0) is 0 Å². The molecule has 0 aromatic rings. The zero-order valence-electron chi connectivity index (χ0n) is 11.8. The Morgan fingerprint density at radius 2 is 2.06 bits per heavy atom. The SMILES string of the molecule is CCCCCC(C)NC1CCCC(C)(C)C1. The normalized spacial score (nSPS) is 26.6. The number of hydrogen-bond donors (Lipinski definition) is 1. The first-order chi connectivity index (χ1) is 7.53. The van der Waals surface area contributed by atoms with E-state index in [-0.39, 0.29) is 0 Å².